The Morgan fingerprint density at radius 3 is 2.64 bits per heavy atom. The average molecular weight is 318 g/mol. The number of carbonyl (C=O) groups is 1. The molecule has 0 unspecified atom stereocenters. The lowest BCUT2D eigenvalue weighted by Gasteiger charge is -2.04. The van der Waals surface area contributed by atoms with E-state index >= 15 is 0 Å². The SMILES string of the molecule is COC1=Cc2c(sc(-c3ccc(F)cc3)c2C(=O)O)CCC1. The van der Waals surface area contributed by atoms with E-state index in [0.29, 0.717) is 4.88 Å². The zero-order valence-electron chi connectivity index (χ0n) is 12.1. The molecule has 0 saturated carbocycles. The summed E-state index contributed by atoms with van der Waals surface area (Å²) < 4.78 is 18.4. The van der Waals surface area contributed by atoms with E-state index in [2.05, 4.69) is 0 Å². The number of ether oxygens (including phenoxy) is 1. The second-order valence-electron chi connectivity index (χ2n) is 5.12. The lowest BCUT2D eigenvalue weighted by molar-refractivity contribution is 0.0698. The highest BCUT2D eigenvalue weighted by molar-refractivity contribution is 7.16. The van der Waals surface area contributed by atoms with E-state index in [4.69, 9.17) is 4.74 Å². The van der Waals surface area contributed by atoms with Gasteiger partial charge in [-0.25, -0.2) is 9.18 Å². The van der Waals surface area contributed by atoms with Gasteiger partial charge in [0.1, 0.15) is 5.82 Å². The minimum Gasteiger partial charge on any atom is -0.501 e. The Balaban J connectivity index is 2.20. The summed E-state index contributed by atoms with van der Waals surface area (Å²) in [5, 5.41) is 9.64. The van der Waals surface area contributed by atoms with Crippen molar-refractivity contribution in [2.45, 2.75) is 19.3 Å². The summed E-state index contributed by atoms with van der Waals surface area (Å²) in [5.41, 5.74) is 1.73. The number of aryl methyl sites for hydroxylation is 1. The number of aromatic carboxylic acids is 1. The Kier molecular flexibility index (Phi) is 3.98. The molecule has 1 aliphatic carbocycles. The molecule has 5 heteroatoms. The van der Waals surface area contributed by atoms with E-state index in [0.717, 1.165) is 41.0 Å². The van der Waals surface area contributed by atoms with Gasteiger partial charge < -0.3 is 9.84 Å². The van der Waals surface area contributed by atoms with Gasteiger partial charge in [0.2, 0.25) is 0 Å². The predicted octanol–water partition coefficient (Wildman–Crippen LogP) is 4.58. The zero-order valence-corrected chi connectivity index (χ0v) is 12.9. The van der Waals surface area contributed by atoms with Gasteiger partial charge in [-0.2, -0.15) is 0 Å². The molecule has 1 aromatic carbocycles. The molecule has 0 spiro atoms. The number of hydrogen-bond donors (Lipinski definition) is 1. The van der Waals surface area contributed by atoms with E-state index < -0.39 is 5.97 Å². The molecular weight excluding hydrogens is 303 g/mol. The second kappa shape index (κ2) is 5.93. The molecule has 0 bridgehead atoms. The molecular formula is C17H15FO3S. The van der Waals surface area contributed by atoms with Crippen LogP contribution in [0.15, 0.2) is 30.0 Å². The molecule has 0 amide bonds. The van der Waals surface area contributed by atoms with E-state index in [9.17, 15) is 14.3 Å². The number of fused-ring (bicyclic) bond motifs is 1. The first kappa shape index (κ1) is 14.8. The van der Waals surface area contributed by atoms with Crippen LogP contribution < -0.4 is 0 Å². The van der Waals surface area contributed by atoms with Crippen molar-refractivity contribution in [3.05, 3.63) is 51.8 Å². The molecule has 1 heterocycles. The third-order valence-electron chi connectivity index (χ3n) is 3.74. The Morgan fingerprint density at radius 2 is 2.00 bits per heavy atom. The summed E-state index contributed by atoms with van der Waals surface area (Å²) in [6.07, 6.45) is 4.39. The van der Waals surface area contributed by atoms with Gasteiger partial charge in [0.05, 0.1) is 18.4 Å². The van der Waals surface area contributed by atoms with Gasteiger partial charge in [0, 0.05) is 21.7 Å². The number of hydrogen-bond acceptors (Lipinski definition) is 3. The van der Waals surface area contributed by atoms with Crippen LogP contribution in [0.2, 0.25) is 0 Å². The highest BCUT2D eigenvalue weighted by Gasteiger charge is 2.25. The first-order chi connectivity index (χ1) is 10.6. The summed E-state index contributed by atoms with van der Waals surface area (Å²) in [6.45, 7) is 0. The molecule has 3 nitrogen and oxygen atoms in total. The molecule has 0 radical (unpaired) electrons. The summed E-state index contributed by atoms with van der Waals surface area (Å²) >= 11 is 1.47. The van der Waals surface area contributed by atoms with Gasteiger partial charge in [-0.3, -0.25) is 0 Å². The first-order valence-corrected chi connectivity index (χ1v) is 7.81. The van der Waals surface area contributed by atoms with Crippen molar-refractivity contribution in [1.82, 2.24) is 0 Å². The molecule has 1 aliphatic rings. The first-order valence-electron chi connectivity index (χ1n) is 6.99. The summed E-state index contributed by atoms with van der Waals surface area (Å²) in [6, 6.07) is 5.94. The van der Waals surface area contributed by atoms with Crippen LogP contribution in [0.3, 0.4) is 0 Å². The maximum Gasteiger partial charge on any atom is 0.337 e. The van der Waals surface area contributed by atoms with Crippen LogP contribution in [0.4, 0.5) is 4.39 Å². The standard InChI is InChI=1S/C17H15FO3S/c1-21-12-3-2-4-14-13(9-12)15(17(19)20)16(22-14)10-5-7-11(18)8-6-10/h5-9H,2-4H2,1H3,(H,19,20). The van der Waals surface area contributed by atoms with E-state index in [1.54, 1.807) is 19.2 Å². The number of methoxy groups -OCH3 is 1. The van der Waals surface area contributed by atoms with E-state index in [1.807, 2.05) is 6.08 Å². The largest absolute Gasteiger partial charge is 0.501 e. The minimum atomic E-state index is -0.967. The van der Waals surface area contributed by atoms with Crippen LogP contribution >= 0.6 is 11.3 Å². The Bertz CT molecular complexity index is 744. The minimum absolute atomic E-state index is 0.281. The number of benzene rings is 1. The smallest absolute Gasteiger partial charge is 0.337 e. The maximum atomic E-state index is 13.1. The van der Waals surface area contributed by atoms with Crippen molar-refractivity contribution in [3.63, 3.8) is 0 Å². The van der Waals surface area contributed by atoms with Gasteiger partial charge in [-0.1, -0.05) is 12.1 Å². The Hall–Kier alpha value is -2.14. The highest BCUT2D eigenvalue weighted by Crippen LogP contribution is 2.40. The maximum absolute atomic E-state index is 13.1. The monoisotopic (exact) mass is 318 g/mol. The molecule has 0 fully saturated rings. The van der Waals surface area contributed by atoms with Gasteiger partial charge in [0.15, 0.2) is 0 Å². The summed E-state index contributed by atoms with van der Waals surface area (Å²) in [5.74, 6) is -0.504. The van der Waals surface area contributed by atoms with Gasteiger partial charge >= 0.3 is 5.97 Å². The average Bonchev–Trinajstić information content (AvgIpc) is 2.73. The number of thiophene rings is 1. The third kappa shape index (κ3) is 2.64. The second-order valence-corrected chi connectivity index (χ2v) is 6.23. The summed E-state index contributed by atoms with van der Waals surface area (Å²) in [7, 11) is 1.60. The topological polar surface area (TPSA) is 46.5 Å². The number of allylic oxidation sites excluding steroid dienone is 1. The molecule has 0 atom stereocenters. The van der Waals surface area contributed by atoms with Crippen LogP contribution in [0.25, 0.3) is 16.5 Å². The molecule has 2 aromatic rings. The van der Waals surface area contributed by atoms with Crippen LogP contribution in [0, 0.1) is 5.82 Å². The zero-order chi connectivity index (χ0) is 15.7. The number of halogens is 1. The van der Waals surface area contributed by atoms with Crippen LogP contribution in [-0.2, 0) is 11.2 Å². The highest BCUT2D eigenvalue weighted by atomic mass is 32.1. The quantitative estimate of drug-likeness (QED) is 0.901. The lowest BCUT2D eigenvalue weighted by atomic mass is 10.0. The number of rotatable bonds is 3. The predicted molar refractivity (Wildman–Crippen MR) is 84.6 cm³/mol. The Labute approximate surface area is 131 Å². The van der Waals surface area contributed by atoms with Crippen molar-refractivity contribution in [1.29, 1.82) is 0 Å². The fourth-order valence-corrected chi connectivity index (χ4v) is 3.98. The molecule has 0 saturated heterocycles. The molecule has 114 valence electrons. The molecule has 22 heavy (non-hydrogen) atoms. The van der Waals surface area contributed by atoms with Crippen molar-refractivity contribution < 1.29 is 19.0 Å². The van der Waals surface area contributed by atoms with Crippen molar-refractivity contribution in [3.8, 4) is 10.4 Å². The van der Waals surface area contributed by atoms with Crippen LogP contribution in [-0.4, -0.2) is 18.2 Å². The van der Waals surface area contributed by atoms with Crippen LogP contribution in [0.1, 0.15) is 33.6 Å². The molecule has 1 N–H and O–H groups in total. The fourth-order valence-electron chi connectivity index (χ4n) is 2.66. The fraction of sp³-hybridized carbons (Fsp3) is 0.235. The molecule has 1 aromatic heterocycles. The van der Waals surface area contributed by atoms with Crippen molar-refractivity contribution in [2.24, 2.45) is 0 Å². The lowest BCUT2D eigenvalue weighted by Crippen LogP contribution is -1.99. The Morgan fingerprint density at radius 1 is 1.27 bits per heavy atom. The number of carboxylic acids is 1. The third-order valence-corrected chi connectivity index (χ3v) is 5.05. The van der Waals surface area contributed by atoms with Gasteiger partial charge in [-0.05, 0) is 36.6 Å². The van der Waals surface area contributed by atoms with E-state index in [-0.39, 0.29) is 11.4 Å². The number of carboxylic acid groups (broad SMARTS) is 1. The molecule has 3 rings (SSSR count). The van der Waals surface area contributed by atoms with Gasteiger partial charge in [0.25, 0.3) is 0 Å². The van der Waals surface area contributed by atoms with Crippen LogP contribution in [0.5, 0.6) is 0 Å². The summed E-state index contributed by atoms with van der Waals surface area (Å²) in [4.78, 5) is 13.5. The van der Waals surface area contributed by atoms with Crippen molar-refractivity contribution >= 4 is 23.4 Å². The van der Waals surface area contributed by atoms with E-state index in [1.165, 1.54) is 23.5 Å². The normalized spacial score (nSPS) is 14.0. The van der Waals surface area contributed by atoms with Crippen molar-refractivity contribution in [2.75, 3.05) is 7.11 Å². The molecule has 0 aliphatic heterocycles. The van der Waals surface area contributed by atoms with Gasteiger partial charge in [-0.15, -0.1) is 11.3 Å².